The normalized spacial score (nSPS) is 11.4. The number of nitrogens with zero attached hydrogens (tertiary/aromatic N) is 4. The summed E-state index contributed by atoms with van der Waals surface area (Å²) in [6.07, 6.45) is 2.80. The van der Waals surface area contributed by atoms with Crippen molar-refractivity contribution < 1.29 is 9.53 Å². The maximum atomic E-state index is 11.6. The van der Waals surface area contributed by atoms with Crippen molar-refractivity contribution in [1.29, 1.82) is 5.26 Å². The van der Waals surface area contributed by atoms with Gasteiger partial charge in [0.15, 0.2) is 0 Å². The number of nitriles is 1. The minimum absolute atomic E-state index is 0.148. The van der Waals surface area contributed by atoms with E-state index < -0.39 is 5.97 Å². The van der Waals surface area contributed by atoms with E-state index in [1.165, 1.54) is 19.6 Å². The SMILES string of the molecule is CCN(CC(C)C#N)c1ncncc1C(=O)OC. The van der Waals surface area contributed by atoms with Crippen LogP contribution in [0.4, 0.5) is 5.82 Å². The monoisotopic (exact) mass is 248 g/mol. The molecule has 96 valence electrons. The molecule has 0 amide bonds. The van der Waals surface area contributed by atoms with E-state index in [-0.39, 0.29) is 5.92 Å². The van der Waals surface area contributed by atoms with Crippen LogP contribution in [0.15, 0.2) is 12.5 Å². The van der Waals surface area contributed by atoms with E-state index >= 15 is 0 Å². The molecule has 0 radical (unpaired) electrons. The molecule has 0 aliphatic carbocycles. The quantitative estimate of drug-likeness (QED) is 0.730. The van der Waals surface area contributed by atoms with Crippen LogP contribution in [0.3, 0.4) is 0 Å². The number of hydrogen-bond acceptors (Lipinski definition) is 6. The standard InChI is InChI=1S/C12H16N4O2/c1-4-16(7-9(2)5-13)11-10(12(17)18-3)6-14-8-15-11/h6,8-9H,4,7H2,1-3H3. The molecule has 0 fully saturated rings. The van der Waals surface area contributed by atoms with Crippen molar-refractivity contribution in [1.82, 2.24) is 9.97 Å². The average Bonchev–Trinajstić information content (AvgIpc) is 2.43. The first kappa shape index (κ1) is 13.9. The number of carbonyl (C=O) groups excluding carboxylic acids is 1. The lowest BCUT2D eigenvalue weighted by Crippen LogP contribution is -2.30. The number of anilines is 1. The number of methoxy groups -OCH3 is 1. The Morgan fingerprint density at radius 3 is 2.94 bits per heavy atom. The van der Waals surface area contributed by atoms with Crippen molar-refractivity contribution in [2.24, 2.45) is 5.92 Å². The van der Waals surface area contributed by atoms with Crippen molar-refractivity contribution in [3.8, 4) is 6.07 Å². The molecule has 0 saturated heterocycles. The fourth-order valence-electron chi connectivity index (χ4n) is 1.57. The summed E-state index contributed by atoms with van der Waals surface area (Å²) in [5.74, 6) is -0.125. The molecular formula is C12H16N4O2. The number of carbonyl (C=O) groups is 1. The molecular weight excluding hydrogens is 232 g/mol. The van der Waals surface area contributed by atoms with E-state index in [1.54, 1.807) is 0 Å². The predicted octanol–water partition coefficient (Wildman–Crippen LogP) is 1.25. The Balaban J connectivity index is 3.06. The van der Waals surface area contributed by atoms with E-state index in [1.807, 2.05) is 18.7 Å². The summed E-state index contributed by atoms with van der Waals surface area (Å²) in [5, 5.41) is 8.85. The third-order valence-corrected chi connectivity index (χ3v) is 2.49. The predicted molar refractivity (Wildman–Crippen MR) is 66.0 cm³/mol. The summed E-state index contributed by atoms with van der Waals surface area (Å²) >= 11 is 0. The van der Waals surface area contributed by atoms with Crippen LogP contribution in [-0.2, 0) is 4.74 Å². The second-order valence-electron chi connectivity index (χ2n) is 3.82. The van der Waals surface area contributed by atoms with Gasteiger partial charge in [-0.2, -0.15) is 5.26 Å². The van der Waals surface area contributed by atoms with Crippen LogP contribution in [0, 0.1) is 17.2 Å². The topological polar surface area (TPSA) is 79.1 Å². The molecule has 18 heavy (non-hydrogen) atoms. The van der Waals surface area contributed by atoms with Gasteiger partial charge in [0.05, 0.1) is 19.1 Å². The molecule has 1 aromatic heterocycles. The molecule has 1 unspecified atom stereocenters. The van der Waals surface area contributed by atoms with Crippen molar-refractivity contribution in [2.45, 2.75) is 13.8 Å². The zero-order valence-electron chi connectivity index (χ0n) is 10.8. The molecule has 0 spiro atoms. The van der Waals surface area contributed by atoms with Crippen LogP contribution in [-0.4, -0.2) is 36.1 Å². The van der Waals surface area contributed by atoms with Gasteiger partial charge in [-0.05, 0) is 13.8 Å². The van der Waals surface area contributed by atoms with Crippen molar-refractivity contribution >= 4 is 11.8 Å². The summed E-state index contributed by atoms with van der Waals surface area (Å²) in [6.45, 7) is 4.91. The second-order valence-corrected chi connectivity index (χ2v) is 3.82. The highest BCUT2D eigenvalue weighted by molar-refractivity contribution is 5.94. The lowest BCUT2D eigenvalue weighted by molar-refractivity contribution is 0.0600. The number of hydrogen-bond donors (Lipinski definition) is 0. The van der Waals surface area contributed by atoms with Gasteiger partial charge >= 0.3 is 5.97 Å². The van der Waals surface area contributed by atoms with Crippen molar-refractivity contribution in [2.75, 3.05) is 25.1 Å². The molecule has 0 bridgehead atoms. The van der Waals surface area contributed by atoms with E-state index in [2.05, 4.69) is 16.0 Å². The van der Waals surface area contributed by atoms with Crippen LogP contribution < -0.4 is 4.90 Å². The largest absolute Gasteiger partial charge is 0.465 e. The molecule has 6 nitrogen and oxygen atoms in total. The summed E-state index contributed by atoms with van der Waals surface area (Å²) in [4.78, 5) is 21.4. The lowest BCUT2D eigenvalue weighted by atomic mass is 10.2. The molecule has 0 N–H and O–H groups in total. The van der Waals surface area contributed by atoms with Crippen LogP contribution in [0.5, 0.6) is 0 Å². The minimum Gasteiger partial charge on any atom is -0.465 e. The number of esters is 1. The highest BCUT2D eigenvalue weighted by Gasteiger charge is 2.19. The highest BCUT2D eigenvalue weighted by Crippen LogP contribution is 2.18. The summed E-state index contributed by atoms with van der Waals surface area (Å²) in [6, 6.07) is 2.16. The number of aromatic nitrogens is 2. The zero-order valence-corrected chi connectivity index (χ0v) is 10.8. The van der Waals surface area contributed by atoms with Gasteiger partial charge in [0.25, 0.3) is 0 Å². The molecule has 0 aliphatic rings. The Morgan fingerprint density at radius 1 is 1.67 bits per heavy atom. The zero-order chi connectivity index (χ0) is 13.5. The van der Waals surface area contributed by atoms with E-state index in [0.717, 1.165) is 0 Å². The third-order valence-electron chi connectivity index (χ3n) is 2.49. The molecule has 1 rings (SSSR count). The van der Waals surface area contributed by atoms with Gasteiger partial charge in [0.1, 0.15) is 17.7 Å². The molecule has 0 aliphatic heterocycles. The van der Waals surface area contributed by atoms with E-state index in [9.17, 15) is 4.79 Å². The second kappa shape index (κ2) is 6.55. The molecule has 0 aromatic carbocycles. The fourth-order valence-corrected chi connectivity index (χ4v) is 1.57. The lowest BCUT2D eigenvalue weighted by Gasteiger charge is -2.24. The fraction of sp³-hybridized carbons (Fsp3) is 0.500. The first-order valence-corrected chi connectivity index (χ1v) is 5.66. The Bertz CT molecular complexity index is 456. The average molecular weight is 248 g/mol. The Morgan fingerprint density at radius 2 is 2.39 bits per heavy atom. The molecule has 1 aromatic rings. The van der Waals surface area contributed by atoms with Crippen LogP contribution in [0.25, 0.3) is 0 Å². The Labute approximate surface area is 106 Å². The summed E-state index contributed by atoms with van der Waals surface area (Å²) in [7, 11) is 1.31. The Hall–Kier alpha value is -2.16. The van der Waals surface area contributed by atoms with Gasteiger partial charge in [-0.15, -0.1) is 0 Å². The number of ether oxygens (including phenoxy) is 1. The maximum absolute atomic E-state index is 11.6. The van der Waals surface area contributed by atoms with Crippen molar-refractivity contribution in [3.05, 3.63) is 18.1 Å². The van der Waals surface area contributed by atoms with E-state index in [4.69, 9.17) is 10.00 Å². The molecule has 1 heterocycles. The van der Waals surface area contributed by atoms with E-state index in [0.29, 0.717) is 24.5 Å². The highest BCUT2D eigenvalue weighted by atomic mass is 16.5. The molecule has 0 saturated carbocycles. The van der Waals surface area contributed by atoms with Gasteiger partial charge < -0.3 is 9.64 Å². The first-order chi connectivity index (χ1) is 8.63. The number of rotatable bonds is 5. The Kier molecular flexibility index (Phi) is 5.06. The molecule has 1 atom stereocenters. The maximum Gasteiger partial charge on any atom is 0.343 e. The summed E-state index contributed by atoms with van der Waals surface area (Å²) < 4.78 is 4.69. The van der Waals surface area contributed by atoms with Crippen LogP contribution in [0.2, 0.25) is 0 Å². The van der Waals surface area contributed by atoms with Gasteiger partial charge in [-0.25, -0.2) is 14.8 Å². The van der Waals surface area contributed by atoms with Crippen molar-refractivity contribution in [3.63, 3.8) is 0 Å². The van der Waals surface area contributed by atoms with Gasteiger partial charge in [-0.1, -0.05) is 0 Å². The summed E-state index contributed by atoms with van der Waals surface area (Å²) in [5.41, 5.74) is 0.312. The van der Waals surface area contributed by atoms with Gasteiger partial charge in [0, 0.05) is 19.3 Å². The smallest absolute Gasteiger partial charge is 0.343 e. The molecule has 6 heteroatoms. The third kappa shape index (κ3) is 3.17. The van der Waals surface area contributed by atoms with Crippen LogP contribution in [0.1, 0.15) is 24.2 Å². The minimum atomic E-state index is -0.478. The van der Waals surface area contributed by atoms with Gasteiger partial charge in [0.2, 0.25) is 0 Å². The van der Waals surface area contributed by atoms with Crippen LogP contribution >= 0.6 is 0 Å². The van der Waals surface area contributed by atoms with Gasteiger partial charge in [-0.3, -0.25) is 0 Å². The first-order valence-electron chi connectivity index (χ1n) is 5.66.